The molecule has 4 aromatic heterocycles. The lowest BCUT2D eigenvalue weighted by molar-refractivity contribution is 0.0940. The first kappa shape index (κ1) is 28.0. The number of nitrogens with zero attached hydrogens (tertiary/aromatic N) is 6. The maximum atomic E-state index is 14.2. The summed E-state index contributed by atoms with van der Waals surface area (Å²) >= 11 is 2.26. The Labute approximate surface area is 260 Å². The molecule has 212 valence electrons. The van der Waals surface area contributed by atoms with Gasteiger partial charge in [-0.3, -0.25) is 19.1 Å². The summed E-state index contributed by atoms with van der Waals surface area (Å²) in [6.45, 7) is 3.77. The van der Waals surface area contributed by atoms with Crippen LogP contribution < -0.4 is 16.6 Å². The van der Waals surface area contributed by atoms with Crippen molar-refractivity contribution in [1.29, 1.82) is 0 Å². The van der Waals surface area contributed by atoms with Gasteiger partial charge in [-0.1, -0.05) is 58.7 Å². The highest BCUT2D eigenvalue weighted by molar-refractivity contribution is 14.1. The fraction of sp³-hybridized carbons (Fsp3) is 0.125. The molecule has 1 amide bonds. The standard InChI is InChI=1S/C32H25IN8O2/c1-19(33)24-15-18-40-30(37-24)27(28(34)39-40)31(42)36-20(2)29-38-25-10-6-7-22(12-11-21-13-16-35-17-14-21)26(25)32(43)41(29)23-8-4-3-5-9-23/h3-10,13-20H,1-2H3,(H2,34,39)(H,36,42)/t19?,20-/m1/s1. The Morgan fingerprint density at radius 3 is 2.49 bits per heavy atom. The molecule has 0 saturated heterocycles. The summed E-state index contributed by atoms with van der Waals surface area (Å²) in [7, 11) is 0. The molecule has 3 N–H and O–H groups in total. The number of pyridine rings is 1. The van der Waals surface area contributed by atoms with Crippen LogP contribution in [0.15, 0.2) is 90.1 Å². The molecule has 11 heteroatoms. The number of carbonyl (C=O) groups is 1. The molecule has 0 saturated carbocycles. The van der Waals surface area contributed by atoms with Gasteiger partial charge in [0.05, 0.1) is 32.3 Å². The number of benzene rings is 2. The van der Waals surface area contributed by atoms with Crippen molar-refractivity contribution >= 4 is 50.9 Å². The van der Waals surface area contributed by atoms with Crippen LogP contribution in [0.3, 0.4) is 0 Å². The van der Waals surface area contributed by atoms with E-state index >= 15 is 0 Å². The predicted octanol–water partition coefficient (Wildman–Crippen LogP) is 4.79. The maximum Gasteiger partial charge on any atom is 0.267 e. The number of hydrogen-bond donors (Lipinski definition) is 2. The maximum absolute atomic E-state index is 14.2. The first-order valence-corrected chi connectivity index (χ1v) is 14.7. The smallest absolute Gasteiger partial charge is 0.267 e. The average molecular weight is 681 g/mol. The van der Waals surface area contributed by atoms with Crippen LogP contribution in [0.25, 0.3) is 22.2 Å². The third-order valence-corrected chi connectivity index (χ3v) is 7.50. The number of nitrogen functional groups attached to an aromatic ring is 1. The van der Waals surface area contributed by atoms with Crippen LogP contribution in [0.4, 0.5) is 5.82 Å². The number of alkyl halides is 1. The first-order valence-electron chi connectivity index (χ1n) is 13.4. The van der Waals surface area contributed by atoms with Crippen molar-refractivity contribution in [2.24, 2.45) is 0 Å². The van der Waals surface area contributed by atoms with Gasteiger partial charge in [0, 0.05) is 29.7 Å². The quantitative estimate of drug-likeness (QED) is 0.152. The number of fused-ring (bicyclic) bond motifs is 2. The molecule has 10 nitrogen and oxygen atoms in total. The number of anilines is 1. The van der Waals surface area contributed by atoms with E-state index in [-0.39, 0.29) is 20.9 Å². The Morgan fingerprint density at radius 2 is 1.74 bits per heavy atom. The molecule has 1 unspecified atom stereocenters. The van der Waals surface area contributed by atoms with E-state index < -0.39 is 11.9 Å². The lowest BCUT2D eigenvalue weighted by atomic mass is 10.1. The Bertz CT molecular complexity index is 2110. The zero-order valence-corrected chi connectivity index (χ0v) is 25.4. The van der Waals surface area contributed by atoms with Crippen molar-refractivity contribution in [3.05, 3.63) is 124 Å². The summed E-state index contributed by atoms with van der Waals surface area (Å²) in [5.74, 6) is 6.16. The number of amides is 1. The van der Waals surface area contributed by atoms with Gasteiger partial charge in [-0.2, -0.15) is 0 Å². The Morgan fingerprint density at radius 1 is 0.977 bits per heavy atom. The van der Waals surface area contributed by atoms with Crippen LogP contribution in [-0.4, -0.2) is 35.0 Å². The normalized spacial score (nSPS) is 12.4. The second-order valence-electron chi connectivity index (χ2n) is 9.82. The van der Waals surface area contributed by atoms with E-state index in [0.29, 0.717) is 33.6 Å². The minimum absolute atomic E-state index is 0.0554. The number of hydrogen-bond acceptors (Lipinski definition) is 7. The lowest BCUT2D eigenvalue weighted by Gasteiger charge is -2.20. The molecule has 43 heavy (non-hydrogen) atoms. The minimum Gasteiger partial charge on any atom is -0.381 e. The molecule has 2 aromatic carbocycles. The summed E-state index contributed by atoms with van der Waals surface area (Å²) in [5, 5.41) is 7.62. The van der Waals surface area contributed by atoms with E-state index in [1.54, 1.807) is 49.8 Å². The van der Waals surface area contributed by atoms with Crippen LogP contribution in [-0.2, 0) is 0 Å². The zero-order valence-electron chi connectivity index (χ0n) is 23.2. The van der Waals surface area contributed by atoms with Gasteiger partial charge in [0.1, 0.15) is 11.4 Å². The van der Waals surface area contributed by atoms with Gasteiger partial charge in [-0.05, 0) is 56.3 Å². The number of halogens is 1. The molecule has 4 heterocycles. The molecular formula is C32H25IN8O2. The monoisotopic (exact) mass is 680 g/mol. The Kier molecular flexibility index (Phi) is 7.60. The van der Waals surface area contributed by atoms with Crippen LogP contribution >= 0.6 is 22.6 Å². The SMILES string of the molecule is CC(I)c1ccn2nc(N)c(C(=O)N[C@H](C)c3nc4cccc(C#Cc5ccncc5)c4c(=O)n3-c3ccccc3)c2n1. The summed E-state index contributed by atoms with van der Waals surface area (Å²) in [4.78, 5) is 41.4. The molecular weight excluding hydrogens is 655 g/mol. The number of aromatic nitrogens is 6. The summed E-state index contributed by atoms with van der Waals surface area (Å²) in [6, 6.07) is 19.3. The summed E-state index contributed by atoms with van der Waals surface area (Å²) < 4.78 is 3.12. The highest BCUT2D eigenvalue weighted by Crippen LogP contribution is 2.25. The number of nitrogens with one attached hydrogen (secondary N) is 1. The first-order chi connectivity index (χ1) is 20.8. The van der Waals surface area contributed by atoms with Crippen molar-refractivity contribution in [3.63, 3.8) is 0 Å². The van der Waals surface area contributed by atoms with Crippen molar-refractivity contribution in [1.82, 2.24) is 34.4 Å². The molecule has 0 fully saturated rings. The van der Waals surface area contributed by atoms with E-state index in [1.165, 1.54) is 9.08 Å². The predicted molar refractivity (Wildman–Crippen MR) is 173 cm³/mol. The van der Waals surface area contributed by atoms with Gasteiger partial charge < -0.3 is 11.1 Å². The average Bonchev–Trinajstić information content (AvgIpc) is 3.35. The van der Waals surface area contributed by atoms with E-state index in [0.717, 1.165) is 11.3 Å². The van der Waals surface area contributed by atoms with Crippen molar-refractivity contribution in [2.45, 2.75) is 23.8 Å². The molecule has 0 aliphatic rings. The fourth-order valence-electron chi connectivity index (χ4n) is 4.78. The van der Waals surface area contributed by atoms with Crippen molar-refractivity contribution in [3.8, 4) is 17.5 Å². The fourth-order valence-corrected chi connectivity index (χ4v) is 5.12. The highest BCUT2D eigenvalue weighted by Gasteiger charge is 2.25. The van der Waals surface area contributed by atoms with Gasteiger partial charge in [0.2, 0.25) is 0 Å². The molecule has 0 aliphatic heterocycles. The highest BCUT2D eigenvalue weighted by atomic mass is 127. The molecule has 6 rings (SSSR count). The topological polar surface area (TPSA) is 133 Å². The van der Waals surface area contributed by atoms with Crippen LogP contribution in [0.5, 0.6) is 0 Å². The van der Waals surface area contributed by atoms with Crippen LogP contribution in [0.1, 0.15) is 56.8 Å². The van der Waals surface area contributed by atoms with E-state index in [9.17, 15) is 9.59 Å². The summed E-state index contributed by atoms with van der Waals surface area (Å²) in [6.07, 6.45) is 5.06. The second kappa shape index (κ2) is 11.7. The second-order valence-corrected chi connectivity index (χ2v) is 11.7. The Balaban J connectivity index is 1.46. The van der Waals surface area contributed by atoms with Crippen molar-refractivity contribution < 1.29 is 4.79 Å². The molecule has 2 atom stereocenters. The number of rotatable bonds is 5. The zero-order chi connectivity index (χ0) is 30.1. The van der Waals surface area contributed by atoms with Gasteiger partial charge in [0.25, 0.3) is 11.5 Å². The van der Waals surface area contributed by atoms with Gasteiger partial charge >= 0.3 is 0 Å². The molecule has 0 radical (unpaired) electrons. The minimum atomic E-state index is -0.697. The van der Waals surface area contributed by atoms with Gasteiger partial charge in [-0.25, -0.2) is 14.5 Å². The molecule has 0 aliphatic carbocycles. The number of nitrogens with two attached hydrogens (primary N) is 1. The van der Waals surface area contributed by atoms with E-state index in [1.807, 2.05) is 49.4 Å². The van der Waals surface area contributed by atoms with E-state index in [4.69, 9.17) is 10.7 Å². The lowest BCUT2D eigenvalue weighted by Crippen LogP contribution is -2.33. The van der Waals surface area contributed by atoms with Crippen LogP contribution in [0.2, 0.25) is 0 Å². The Hall–Kier alpha value is -5.09. The molecule has 0 bridgehead atoms. The van der Waals surface area contributed by atoms with E-state index in [2.05, 4.69) is 54.8 Å². The van der Waals surface area contributed by atoms with Crippen LogP contribution in [0, 0.1) is 11.8 Å². The largest absolute Gasteiger partial charge is 0.381 e. The third kappa shape index (κ3) is 5.44. The molecule has 0 spiro atoms. The van der Waals surface area contributed by atoms with Gasteiger partial charge in [0.15, 0.2) is 11.5 Å². The van der Waals surface area contributed by atoms with Gasteiger partial charge in [-0.15, -0.1) is 5.10 Å². The number of para-hydroxylation sites is 1. The molecule has 6 aromatic rings. The summed E-state index contributed by atoms with van der Waals surface area (Å²) in [5.41, 5.74) is 9.58. The third-order valence-electron chi connectivity index (χ3n) is 6.86. The van der Waals surface area contributed by atoms with Crippen molar-refractivity contribution in [2.75, 3.05) is 5.73 Å². The number of carbonyl (C=O) groups excluding carboxylic acids is 1.